The Morgan fingerprint density at radius 1 is 1.03 bits per heavy atom. The third-order valence-electron chi connectivity index (χ3n) is 11.0. The van der Waals surface area contributed by atoms with Crippen LogP contribution >= 0.6 is 0 Å². The van der Waals surface area contributed by atoms with E-state index >= 15 is 0 Å². The highest BCUT2D eigenvalue weighted by Gasteiger charge is 2.66. The molecule has 4 aliphatic rings. The van der Waals surface area contributed by atoms with Crippen molar-refractivity contribution in [1.29, 1.82) is 0 Å². The van der Waals surface area contributed by atoms with Crippen LogP contribution in [0.25, 0.3) is 0 Å². The number of carbonyl (C=O) groups is 2. The smallest absolute Gasteiger partial charge is 0.323 e. The van der Waals surface area contributed by atoms with Gasteiger partial charge in [0.25, 0.3) is 0 Å². The molecule has 0 aromatic heterocycles. The molecule has 180 valence electrons. The van der Waals surface area contributed by atoms with Gasteiger partial charge in [-0.15, -0.1) is 0 Å². The summed E-state index contributed by atoms with van der Waals surface area (Å²) in [6, 6.07) is 0. The molecule has 0 bridgehead atoms. The molecule has 1 amide bonds. The summed E-state index contributed by atoms with van der Waals surface area (Å²) in [6.45, 7) is 9.09. The van der Waals surface area contributed by atoms with E-state index < -0.39 is 5.97 Å². The molecule has 7 atom stereocenters. The molecule has 4 fully saturated rings. The van der Waals surface area contributed by atoms with Crippen LogP contribution in [0, 0.1) is 34.5 Å². The lowest BCUT2D eigenvalue weighted by atomic mass is 9.42. The zero-order chi connectivity index (χ0) is 23.1. The van der Waals surface area contributed by atoms with Crippen molar-refractivity contribution in [3.8, 4) is 0 Å². The van der Waals surface area contributed by atoms with Crippen LogP contribution in [0.2, 0.25) is 0 Å². The summed E-state index contributed by atoms with van der Waals surface area (Å²) in [5.74, 6) is 1.95. The van der Waals surface area contributed by atoms with Gasteiger partial charge in [-0.1, -0.05) is 26.7 Å². The standard InChI is InChI=1S/C27H44N2O3/c1-25-15-6-5-8-19(25)11-12-22-21(25)14-16-26(2)20(13-17-27(22,26)28-3)9-7-10-23(30)29(4)18-24(31)32/h19-22H,3,5-18H2,1-2,4H3,(H,31,32). The number of carboxylic acid groups (broad SMARTS) is 1. The van der Waals surface area contributed by atoms with Gasteiger partial charge in [0.05, 0.1) is 5.54 Å². The summed E-state index contributed by atoms with van der Waals surface area (Å²) in [7, 11) is 1.59. The second-order valence-corrected chi connectivity index (χ2v) is 12.0. The average Bonchev–Trinajstić information content (AvgIpc) is 3.05. The molecule has 0 aromatic rings. The fourth-order valence-electron chi connectivity index (χ4n) is 9.19. The largest absolute Gasteiger partial charge is 0.480 e. The van der Waals surface area contributed by atoms with Crippen LogP contribution in [0.5, 0.6) is 0 Å². The minimum atomic E-state index is -0.955. The molecule has 7 unspecified atom stereocenters. The molecule has 4 saturated carbocycles. The molecule has 1 N–H and O–H groups in total. The fraction of sp³-hybridized carbons (Fsp3) is 0.889. The van der Waals surface area contributed by atoms with Crippen LogP contribution in [0.15, 0.2) is 4.99 Å². The monoisotopic (exact) mass is 444 g/mol. The second-order valence-electron chi connectivity index (χ2n) is 12.0. The highest BCUT2D eigenvalue weighted by molar-refractivity contribution is 5.80. The topological polar surface area (TPSA) is 70.0 Å². The van der Waals surface area contributed by atoms with Crippen LogP contribution in [0.4, 0.5) is 0 Å². The molecule has 5 heteroatoms. The minimum Gasteiger partial charge on any atom is -0.480 e. The minimum absolute atomic E-state index is 0.0100. The second kappa shape index (κ2) is 8.76. The number of rotatable bonds is 7. The van der Waals surface area contributed by atoms with Crippen LogP contribution in [0.3, 0.4) is 0 Å². The van der Waals surface area contributed by atoms with E-state index in [1.165, 1.54) is 62.7 Å². The number of fused-ring (bicyclic) bond motifs is 5. The molecule has 0 spiro atoms. The Morgan fingerprint density at radius 3 is 2.53 bits per heavy atom. The third-order valence-corrected chi connectivity index (χ3v) is 11.0. The molecular formula is C27H44N2O3. The number of aliphatic imine (C=N–C) groups is 1. The summed E-state index contributed by atoms with van der Waals surface area (Å²) < 4.78 is 0. The van der Waals surface area contributed by atoms with Crippen molar-refractivity contribution in [2.75, 3.05) is 13.6 Å². The molecule has 5 nitrogen and oxygen atoms in total. The van der Waals surface area contributed by atoms with Crippen molar-refractivity contribution in [3.63, 3.8) is 0 Å². The third kappa shape index (κ3) is 3.62. The summed E-state index contributed by atoms with van der Waals surface area (Å²) in [6.07, 6.45) is 15.6. The average molecular weight is 445 g/mol. The van der Waals surface area contributed by atoms with Crippen LogP contribution in [-0.4, -0.2) is 47.7 Å². The lowest BCUT2D eigenvalue weighted by molar-refractivity contribution is -0.143. The quantitative estimate of drug-likeness (QED) is 0.522. The summed E-state index contributed by atoms with van der Waals surface area (Å²) >= 11 is 0. The number of likely N-dealkylation sites (N-methyl/N-ethyl adjacent to an activating group) is 1. The SMILES string of the molecule is C=NC12CCC(CCCC(=O)N(C)CC(=O)O)C1(C)CCC1C2CCC2CCCCC21C. The van der Waals surface area contributed by atoms with E-state index in [1.54, 1.807) is 7.05 Å². The Hall–Kier alpha value is -1.39. The van der Waals surface area contributed by atoms with E-state index in [0.717, 1.165) is 31.1 Å². The maximum Gasteiger partial charge on any atom is 0.323 e. The molecule has 4 aliphatic carbocycles. The Bertz CT molecular complexity index is 753. The Morgan fingerprint density at radius 2 is 1.81 bits per heavy atom. The molecule has 32 heavy (non-hydrogen) atoms. The highest BCUT2D eigenvalue weighted by Crippen LogP contribution is 2.70. The predicted octanol–water partition coefficient (Wildman–Crippen LogP) is 5.57. The molecule has 0 saturated heterocycles. The van der Waals surface area contributed by atoms with E-state index in [2.05, 4.69) is 20.6 Å². The first-order valence-corrected chi connectivity index (χ1v) is 13.1. The van der Waals surface area contributed by atoms with E-state index in [9.17, 15) is 9.59 Å². The van der Waals surface area contributed by atoms with Crippen molar-refractivity contribution in [2.24, 2.45) is 39.5 Å². The van der Waals surface area contributed by atoms with Gasteiger partial charge in [0, 0.05) is 13.5 Å². The van der Waals surface area contributed by atoms with Gasteiger partial charge in [0.2, 0.25) is 5.91 Å². The summed E-state index contributed by atoms with van der Waals surface area (Å²) in [4.78, 5) is 29.6. The lowest BCUT2D eigenvalue weighted by Gasteiger charge is -2.63. The highest BCUT2D eigenvalue weighted by atomic mass is 16.4. The number of aliphatic carboxylic acids is 1. The fourth-order valence-corrected chi connectivity index (χ4v) is 9.19. The molecule has 0 aliphatic heterocycles. The van der Waals surface area contributed by atoms with Gasteiger partial charge in [-0.25, -0.2) is 0 Å². The zero-order valence-corrected chi connectivity index (χ0v) is 20.6. The van der Waals surface area contributed by atoms with Gasteiger partial charge in [0.15, 0.2) is 0 Å². The van der Waals surface area contributed by atoms with Gasteiger partial charge >= 0.3 is 5.97 Å². The Balaban J connectivity index is 1.46. The van der Waals surface area contributed by atoms with Crippen molar-refractivity contribution >= 4 is 18.6 Å². The van der Waals surface area contributed by atoms with Gasteiger partial charge in [0.1, 0.15) is 6.54 Å². The van der Waals surface area contributed by atoms with Crippen molar-refractivity contribution in [3.05, 3.63) is 0 Å². The maximum atomic E-state index is 12.3. The number of nitrogens with zero attached hydrogens (tertiary/aromatic N) is 2. The number of carboxylic acids is 1. The number of carbonyl (C=O) groups excluding carboxylic acids is 1. The van der Waals surface area contributed by atoms with Crippen LogP contribution < -0.4 is 0 Å². The number of hydrogen-bond acceptors (Lipinski definition) is 3. The van der Waals surface area contributed by atoms with Crippen molar-refractivity contribution in [2.45, 2.75) is 103 Å². The van der Waals surface area contributed by atoms with Crippen LogP contribution in [-0.2, 0) is 9.59 Å². The van der Waals surface area contributed by atoms with Crippen molar-refractivity contribution in [1.82, 2.24) is 4.90 Å². The van der Waals surface area contributed by atoms with E-state index in [4.69, 9.17) is 10.1 Å². The first kappa shape index (κ1) is 23.8. The predicted molar refractivity (Wildman–Crippen MR) is 128 cm³/mol. The number of amides is 1. The van der Waals surface area contributed by atoms with E-state index in [0.29, 0.717) is 23.7 Å². The maximum absolute atomic E-state index is 12.3. The molecule has 4 rings (SSSR count). The Kier molecular flexibility index (Phi) is 6.50. The molecule has 0 aromatic carbocycles. The van der Waals surface area contributed by atoms with E-state index in [1.807, 2.05) is 0 Å². The van der Waals surface area contributed by atoms with Gasteiger partial charge in [-0.3, -0.25) is 14.6 Å². The molecular weight excluding hydrogens is 400 g/mol. The first-order chi connectivity index (χ1) is 15.2. The lowest BCUT2D eigenvalue weighted by Crippen LogP contribution is -2.60. The normalized spacial score (nSPS) is 43.0. The van der Waals surface area contributed by atoms with Gasteiger partial charge in [-0.2, -0.15) is 0 Å². The van der Waals surface area contributed by atoms with Gasteiger partial charge in [-0.05, 0) is 105 Å². The summed E-state index contributed by atoms with van der Waals surface area (Å²) in [5.41, 5.74) is 0.694. The number of hydrogen-bond donors (Lipinski definition) is 1. The molecule has 0 heterocycles. The zero-order valence-electron chi connectivity index (χ0n) is 20.6. The Labute approximate surface area is 194 Å². The first-order valence-electron chi connectivity index (χ1n) is 13.1. The summed E-state index contributed by atoms with van der Waals surface area (Å²) in [5, 5.41) is 8.92. The van der Waals surface area contributed by atoms with Gasteiger partial charge < -0.3 is 10.0 Å². The van der Waals surface area contributed by atoms with E-state index in [-0.39, 0.29) is 23.4 Å². The van der Waals surface area contributed by atoms with Crippen molar-refractivity contribution < 1.29 is 14.7 Å². The van der Waals surface area contributed by atoms with Crippen LogP contribution in [0.1, 0.15) is 97.3 Å². The molecule has 0 radical (unpaired) electrons.